The summed E-state index contributed by atoms with van der Waals surface area (Å²) >= 11 is 0. The van der Waals surface area contributed by atoms with Crippen LogP contribution in [0.2, 0.25) is 0 Å². The van der Waals surface area contributed by atoms with Crippen LogP contribution in [0.3, 0.4) is 0 Å². The highest BCUT2D eigenvalue weighted by atomic mass is 16.2. The number of aromatic nitrogens is 1. The lowest BCUT2D eigenvalue weighted by Gasteiger charge is -2.01. The summed E-state index contributed by atoms with van der Waals surface area (Å²) < 4.78 is 0. The summed E-state index contributed by atoms with van der Waals surface area (Å²) in [5.41, 5.74) is 5.19. The van der Waals surface area contributed by atoms with E-state index in [9.17, 15) is 4.79 Å². The fourth-order valence-corrected chi connectivity index (χ4v) is 1.57. The lowest BCUT2D eigenvalue weighted by molar-refractivity contribution is 0.0955. The van der Waals surface area contributed by atoms with Crippen LogP contribution in [0.15, 0.2) is 53.9 Å². The second kappa shape index (κ2) is 6.44. The normalized spacial score (nSPS) is 10.6. The standard InChI is InChI=1S/C15H15N3O/c1-2-12-3-5-14(6-4-12)15(19)18-17-11-13-7-9-16-10-8-13/h3-11H,2H2,1H3,(H,18,19)/b17-11-. The summed E-state index contributed by atoms with van der Waals surface area (Å²) in [7, 11) is 0. The minimum Gasteiger partial charge on any atom is -0.267 e. The molecule has 0 atom stereocenters. The van der Waals surface area contributed by atoms with Crippen molar-refractivity contribution >= 4 is 12.1 Å². The zero-order valence-electron chi connectivity index (χ0n) is 10.7. The van der Waals surface area contributed by atoms with Gasteiger partial charge in [0.1, 0.15) is 0 Å². The first-order chi connectivity index (χ1) is 9.29. The lowest BCUT2D eigenvalue weighted by atomic mass is 10.1. The molecule has 1 amide bonds. The van der Waals surface area contributed by atoms with E-state index in [-0.39, 0.29) is 5.91 Å². The number of aryl methyl sites for hydroxylation is 1. The van der Waals surface area contributed by atoms with Crippen molar-refractivity contribution in [1.29, 1.82) is 0 Å². The highest BCUT2D eigenvalue weighted by molar-refractivity contribution is 5.94. The highest BCUT2D eigenvalue weighted by Crippen LogP contribution is 2.04. The number of nitrogens with zero attached hydrogens (tertiary/aromatic N) is 2. The first-order valence-electron chi connectivity index (χ1n) is 6.12. The van der Waals surface area contributed by atoms with Gasteiger partial charge in [0.15, 0.2) is 0 Å². The van der Waals surface area contributed by atoms with Crippen molar-refractivity contribution in [3.63, 3.8) is 0 Å². The molecule has 0 fully saturated rings. The van der Waals surface area contributed by atoms with Gasteiger partial charge in [-0.25, -0.2) is 5.43 Å². The quantitative estimate of drug-likeness (QED) is 0.672. The topological polar surface area (TPSA) is 54.4 Å². The number of hydrogen-bond acceptors (Lipinski definition) is 3. The fourth-order valence-electron chi connectivity index (χ4n) is 1.57. The van der Waals surface area contributed by atoms with E-state index in [2.05, 4.69) is 22.4 Å². The molecular formula is C15H15N3O. The van der Waals surface area contributed by atoms with E-state index in [0.717, 1.165) is 12.0 Å². The van der Waals surface area contributed by atoms with Crippen molar-refractivity contribution in [2.24, 2.45) is 5.10 Å². The Balaban J connectivity index is 1.95. The van der Waals surface area contributed by atoms with E-state index in [0.29, 0.717) is 5.56 Å². The van der Waals surface area contributed by atoms with Gasteiger partial charge >= 0.3 is 0 Å². The Kier molecular flexibility index (Phi) is 4.39. The number of benzene rings is 1. The molecule has 2 rings (SSSR count). The molecule has 0 radical (unpaired) electrons. The van der Waals surface area contributed by atoms with Crippen LogP contribution < -0.4 is 5.43 Å². The Labute approximate surface area is 112 Å². The Morgan fingerprint density at radius 1 is 1.21 bits per heavy atom. The average molecular weight is 253 g/mol. The number of hydrazone groups is 1. The molecule has 0 bridgehead atoms. The van der Waals surface area contributed by atoms with Gasteiger partial charge in [0, 0.05) is 18.0 Å². The van der Waals surface area contributed by atoms with Gasteiger partial charge in [0.25, 0.3) is 5.91 Å². The summed E-state index contributed by atoms with van der Waals surface area (Å²) in [6.45, 7) is 2.08. The Hall–Kier alpha value is -2.49. The summed E-state index contributed by atoms with van der Waals surface area (Å²) in [6, 6.07) is 11.1. The second-order valence-electron chi connectivity index (χ2n) is 4.03. The van der Waals surface area contributed by atoms with Gasteiger partial charge in [0.05, 0.1) is 6.21 Å². The number of amides is 1. The maximum atomic E-state index is 11.8. The third kappa shape index (κ3) is 3.74. The van der Waals surface area contributed by atoms with Crippen LogP contribution in [0.5, 0.6) is 0 Å². The molecule has 0 aliphatic heterocycles. The number of carbonyl (C=O) groups is 1. The molecule has 1 N–H and O–H groups in total. The van der Waals surface area contributed by atoms with E-state index in [1.165, 1.54) is 5.56 Å². The Morgan fingerprint density at radius 3 is 2.53 bits per heavy atom. The molecule has 0 aliphatic rings. The average Bonchev–Trinajstić information content (AvgIpc) is 2.48. The van der Waals surface area contributed by atoms with Gasteiger partial charge in [-0.3, -0.25) is 9.78 Å². The van der Waals surface area contributed by atoms with Gasteiger partial charge in [-0.1, -0.05) is 19.1 Å². The van der Waals surface area contributed by atoms with Crippen molar-refractivity contribution in [2.45, 2.75) is 13.3 Å². The molecule has 0 saturated heterocycles. The first kappa shape index (κ1) is 13.0. The van der Waals surface area contributed by atoms with Gasteiger partial charge in [0.2, 0.25) is 0 Å². The third-order valence-electron chi connectivity index (χ3n) is 2.71. The Morgan fingerprint density at radius 2 is 1.89 bits per heavy atom. The van der Waals surface area contributed by atoms with Gasteiger partial charge in [-0.15, -0.1) is 0 Å². The zero-order valence-corrected chi connectivity index (χ0v) is 10.7. The van der Waals surface area contributed by atoms with Crippen molar-refractivity contribution in [3.05, 3.63) is 65.5 Å². The van der Waals surface area contributed by atoms with E-state index >= 15 is 0 Å². The second-order valence-corrected chi connectivity index (χ2v) is 4.03. The molecule has 0 unspecified atom stereocenters. The summed E-state index contributed by atoms with van der Waals surface area (Å²) in [6.07, 6.45) is 5.89. The first-order valence-corrected chi connectivity index (χ1v) is 6.12. The third-order valence-corrected chi connectivity index (χ3v) is 2.71. The van der Waals surface area contributed by atoms with E-state index < -0.39 is 0 Å². The van der Waals surface area contributed by atoms with Crippen LogP contribution in [-0.4, -0.2) is 17.1 Å². The summed E-state index contributed by atoms with van der Waals surface area (Å²) in [4.78, 5) is 15.7. The minimum atomic E-state index is -0.215. The number of pyridine rings is 1. The van der Waals surface area contributed by atoms with E-state index in [4.69, 9.17) is 0 Å². The molecular weight excluding hydrogens is 238 g/mol. The fraction of sp³-hybridized carbons (Fsp3) is 0.133. The van der Waals surface area contributed by atoms with Gasteiger partial charge in [-0.2, -0.15) is 5.10 Å². The number of carbonyl (C=O) groups excluding carboxylic acids is 1. The molecule has 1 aromatic carbocycles. The molecule has 1 aromatic heterocycles. The number of hydrogen-bond donors (Lipinski definition) is 1. The minimum absolute atomic E-state index is 0.215. The molecule has 96 valence electrons. The van der Waals surface area contributed by atoms with Crippen LogP contribution >= 0.6 is 0 Å². The SMILES string of the molecule is CCc1ccc(C(=O)N/N=C\c2ccncc2)cc1. The van der Waals surface area contributed by atoms with Crippen molar-refractivity contribution in [1.82, 2.24) is 10.4 Å². The largest absolute Gasteiger partial charge is 0.271 e. The number of nitrogens with one attached hydrogen (secondary N) is 1. The monoisotopic (exact) mass is 253 g/mol. The molecule has 4 nitrogen and oxygen atoms in total. The van der Waals surface area contributed by atoms with Gasteiger partial charge < -0.3 is 0 Å². The van der Waals surface area contributed by atoms with Crippen molar-refractivity contribution < 1.29 is 4.79 Å². The molecule has 2 aromatic rings. The molecule has 0 aliphatic carbocycles. The summed E-state index contributed by atoms with van der Waals surface area (Å²) in [5.74, 6) is -0.215. The number of rotatable bonds is 4. The van der Waals surface area contributed by atoms with Crippen LogP contribution in [0.1, 0.15) is 28.4 Å². The summed E-state index contributed by atoms with van der Waals surface area (Å²) in [5, 5.41) is 3.91. The predicted molar refractivity (Wildman–Crippen MR) is 75.1 cm³/mol. The lowest BCUT2D eigenvalue weighted by Crippen LogP contribution is -2.17. The van der Waals surface area contributed by atoms with Crippen LogP contribution in [0.25, 0.3) is 0 Å². The van der Waals surface area contributed by atoms with Crippen molar-refractivity contribution in [2.75, 3.05) is 0 Å². The predicted octanol–water partition coefficient (Wildman–Crippen LogP) is 2.41. The maximum Gasteiger partial charge on any atom is 0.271 e. The maximum absolute atomic E-state index is 11.8. The molecule has 4 heteroatoms. The van der Waals surface area contributed by atoms with Crippen LogP contribution in [-0.2, 0) is 6.42 Å². The Bertz CT molecular complexity index is 562. The molecule has 19 heavy (non-hydrogen) atoms. The molecule has 1 heterocycles. The van der Waals surface area contributed by atoms with E-state index in [1.54, 1.807) is 30.7 Å². The molecule has 0 spiro atoms. The van der Waals surface area contributed by atoms with Gasteiger partial charge in [-0.05, 0) is 41.8 Å². The van der Waals surface area contributed by atoms with Crippen molar-refractivity contribution in [3.8, 4) is 0 Å². The van der Waals surface area contributed by atoms with E-state index in [1.807, 2.05) is 24.3 Å². The highest BCUT2D eigenvalue weighted by Gasteiger charge is 2.02. The van der Waals surface area contributed by atoms with Crippen LogP contribution in [0.4, 0.5) is 0 Å². The molecule has 0 saturated carbocycles. The van der Waals surface area contributed by atoms with Crippen LogP contribution in [0, 0.1) is 0 Å². The zero-order chi connectivity index (χ0) is 13.5. The smallest absolute Gasteiger partial charge is 0.267 e.